The van der Waals surface area contributed by atoms with Crippen LogP contribution in [0.2, 0.25) is 0 Å². The summed E-state index contributed by atoms with van der Waals surface area (Å²) >= 11 is 3.29. The van der Waals surface area contributed by atoms with Crippen LogP contribution in [0.15, 0.2) is 40.8 Å². The lowest BCUT2D eigenvalue weighted by Crippen LogP contribution is -2.45. The average molecular weight is 862 g/mol. The summed E-state index contributed by atoms with van der Waals surface area (Å²) < 4.78 is 53.4. The second-order valence-corrected chi connectivity index (χ2v) is 16.6. The van der Waals surface area contributed by atoms with Crippen molar-refractivity contribution in [3.63, 3.8) is 0 Å². The van der Waals surface area contributed by atoms with E-state index < -0.39 is 59.8 Å². The van der Waals surface area contributed by atoms with Crippen molar-refractivity contribution >= 4 is 57.7 Å². The monoisotopic (exact) mass is 861 g/mol. The van der Waals surface area contributed by atoms with E-state index in [1.165, 1.54) is 36.6 Å². The number of benzene rings is 1. The fourth-order valence-corrected chi connectivity index (χ4v) is 7.79. The van der Waals surface area contributed by atoms with E-state index in [1.54, 1.807) is 27.7 Å². The van der Waals surface area contributed by atoms with Gasteiger partial charge in [-0.1, -0.05) is 39.8 Å². The minimum atomic E-state index is -4.58. The highest BCUT2D eigenvalue weighted by atomic mass is 127. The van der Waals surface area contributed by atoms with Crippen LogP contribution in [0.5, 0.6) is 0 Å². The molecule has 2 unspecified atom stereocenters. The molecule has 1 aromatic carbocycles. The summed E-state index contributed by atoms with van der Waals surface area (Å²) in [5.74, 6) is -2.89. The number of Topliss-reactive ketones (excluding diaryl/α,β-unsaturated/α-hetero) is 1. The molecule has 0 spiro atoms. The summed E-state index contributed by atoms with van der Waals surface area (Å²) in [5.41, 5.74) is 0.831. The van der Waals surface area contributed by atoms with Crippen molar-refractivity contribution in [3.05, 3.63) is 66.2 Å². The van der Waals surface area contributed by atoms with Gasteiger partial charge in [-0.2, -0.15) is 13.2 Å². The van der Waals surface area contributed by atoms with Gasteiger partial charge in [-0.3, -0.25) is 9.59 Å². The lowest BCUT2D eigenvalue weighted by molar-refractivity contribution is -0.174. The molecule has 2 aliphatic rings. The topological polar surface area (TPSA) is 148 Å². The molecule has 1 fully saturated rings. The number of halogens is 4. The molecule has 2 aromatic rings. The maximum absolute atomic E-state index is 13.9. The number of aliphatic hydroxyl groups excluding tert-OH is 2. The van der Waals surface area contributed by atoms with Crippen molar-refractivity contribution in [1.29, 1.82) is 0 Å². The highest BCUT2D eigenvalue weighted by Gasteiger charge is 2.69. The van der Waals surface area contributed by atoms with Gasteiger partial charge in [-0.05, 0) is 96.5 Å². The number of carbonyl (C=O) groups excluding carboxylic acids is 3. The van der Waals surface area contributed by atoms with Gasteiger partial charge in [0, 0.05) is 28.3 Å². The molecule has 1 aromatic heterocycles. The molecule has 3 N–H and O–H groups in total. The number of alkyl halides is 3. The number of aryl methyl sites for hydroxylation is 1. The molecule has 0 aliphatic carbocycles. The Balaban J connectivity index is 1.61. The number of hydrogen-bond donors (Lipinski definition) is 3. The molecule has 0 saturated carbocycles. The van der Waals surface area contributed by atoms with Crippen LogP contribution >= 0.6 is 33.9 Å². The molecule has 3 heterocycles. The number of ketones is 1. The second-order valence-electron chi connectivity index (χ2n) is 14.4. The van der Waals surface area contributed by atoms with Crippen molar-refractivity contribution in [2.75, 3.05) is 13.7 Å². The maximum Gasteiger partial charge on any atom is 0.426 e. The van der Waals surface area contributed by atoms with Gasteiger partial charge < -0.3 is 19.7 Å². The van der Waals surface area contributed by atoms with Crippen molar-refractivity contribution in [2.24, 2.45) is 17.3 Å². The zero-order valence-corrected chi connectivity index (χ0v) is 33.3. The minimum absolute atomic E-state index is 0.0519. The zero-order valence-electron chi connectivity index (χ0n) is 30.3. The highest BCUT2D eigenvalue weighted by molar-refractivity contribution is 14.1. The molecule has 10 nitrogen and oxygen atoms in total. The Morgan fingerprint density at radius 3 is 2.50 bits per heavy atom. The van der Waals surface area contributed by atoms with Crippen LogP contribution in [0.3, 0.4) is 0 Å². The Hall–Kier alpha value is -2.70. The second kappa shape index (κ2) is 16.8. The molecule has 2 aliphatic heterocycles. The minimum Gasteiger partial charge on any atom is -0.458 e. The van der Waals surface area contributed by atoms with Crippen molar-refractivity contribution in [2.45, 2.75) is 104 Å². The lowest BCUT2D eigenvalue weighted by atomic mass is 9.73. The first kappa shape index (κ1) is 42.0. The van der Waals surface area contributed by atoms with E-state index >= 15 is 0 Å². The Morgan fingerprint density at radius 1 is 1.25 bits per heavy atom. The van der Waals surface area contributed by atoms with E-state index in [2.05, 4.69) is 10.4 Å². The quantitative estimate of drug-likeness (QED) is 0.122. The van der Waals surface area contributed by atoms with E-state index in [9.17, 15) is 37.8 Å². The van der Waals surface area contributed by atoms with Gasteiger partial charge >= 0.3 is 18.1 Å². The summed E-state index contributed by atoms with van der Waals surface area (Å²) in [6.45, 7) is 10.1. The van der Waals surface area contributed by atoms with Gasteiger partial charge in [0.15, 0.2) is 0 Å². The summed E-state index contributed by atoms with van der Waals surface area (Å²) in [7, 11) is 1.29. The number of hydrazine groups is 1. The third kappa shape index (κ3) is 9.50. The summed E-state index contributed by atoms with van der Waals surface area (Å²) in [6.07, 6.45) is -2.76. The number of aromatic nitrogens is 1. The number of ether oxygens (including phenoxy) is 2. The molecule has 0 bridgehead atoms. The molecular weight excluding hydrogens is 814 g/mol. The Kier molecular flexibility index (Phi) is 13.6. The van der Waals surface area contributed by atoms with Gasteiger partial charge in [0.05, 0.1) is 40.3 Å². The molecule has 0 amide bonds. The number of thiazole rings is 1. The van der Waals surface area contributed by atoms with Crippen LogP contribution in [0.25, 0.3) is 6.08 Å². The maximum atomic E-state index is 13.9. The smallest absolute Gasteiger partial charge is 0.426 e. The van der Waals surface area contributed by atoms with Crippen LogP contribution in [0.4, 0.5) is 13.2 Å². The van der Waals surface area contributed by atoms with E-state index in [0.717, 1.165) is 10.0 Å². The number of hydrogen-bond acceptors (Lipinski definition) is 11. The largest absolute Gasteiger partial charge is 0.458 e. The van der Waals surface area contributed by atoms with Gasteiger partial charge in [0.1, 0.15) is 18.5 Å². The molecular formula is C37H47F3IN3O7S. The highest BCUT2D eigenvalue weighted by Crippen LogP contribution is 2.49. The summed E-state index contributed by atoms with van der Waals surface area (Å²) in [4.78, 5) is 44.5. The Morgan fingerprint density at radius 2 is 1.92 bits per heavy atom. The number of nitrogens with zero attached hydrogens (tertiary/aromatic N) is 2. The summed E-state index contributed by atoms with van der Waals surface area (Å²) in [6, 6.07) is 3.88. The van der Waals surface area contributed by atoms with E-state index in [-0.39, 0.29) is 35.9 Å². The third-order valence-corrected chi connectivity index (χ3v) is 11.8. The number of carbonyl (C=O) groups is 3. The van der Waals surface area contributed by atoms with Crippen LogP contribution in [0, 0.1) is 27.7 Å². The van der Waals surface area contributed by atoms with Crippen molar-refractivity contribution < 1.29 is 47.2 Å². The predicted octanol–water partition coefficient (Wildman–Crippen LogP) is 6.87. The molecule has 52 heavy (non-hydrogen) atoms. The normalized spacial score (nSPS) is 30.6. The predicted molar refractivity (Wildman–Crippen MR) is 199 cm³/mol. The van der Waals surface area contributed by atoms with Gasteiger partial charge in [-0.25, -0.2) is 20.2 Å². The van der Waals surface area contributed by atoms with Crippen LogP contribution in [-0.2, 0) is 24.7 Å². The standard InChI is InChI=1S/C37H47F3IN3O7S/c1-20-9-8-10-24(18-50-34(49)27-13-12-25(16-28(27)41)36(37(38,39)40)43-44(36)7)11-14-29(21(2)15-26-19-52-23(4)42-26)51-31(46)17-30(45)35(5,6)33(48)22(3)32(20)47/h11-13,15-16,19-20,22,29-30,32,43,45,47H,8-10,14,17-18H2,1-7H3/b21-15+,24-11+/t20-,22+,29-,30-,32-,36?,44?/m0/s1. The van der Waals surface area contributed by atoms with Crippen LogP contribution < -0.4 is 5.43 Å². The molecule has 1 saturated heterocycles. The number of aliphatic hydroxyl groups is 2. The number of nitrogens with one attached hydrogen (secondary N) is 1. The first-order chi connectivity index (χ1) is 24.2. The summed E-state index contributed by atoms with van der Waals surface area (Å²) in [5, 5.41) is 25.8. The first-order valence-electron chi connectivity index (χ1n) is 17.1. The van der Waals surface area contributed by atoms with Crippen LogP contribution in [0.1, 0.15) is 93.3 Å². The Labute approximate surface area is 320 Å². The van der Waals surface area contributed by atoms with Crippen molar-refractivity contribution in [3.8, 4) is 0 Å². The molecule has 7 atom stereocenters. The molecule has 4 rings (SSSR count). The molecule has 15 heteroatoms. The van der Waals surface area contributed by atoms with Crippen LogP contribution in [-0.4, -0.2) is 76.1 Å². The third-order valence-electron chi connectivity index (χ3n) is 10.1. The lowest BCUT2D eigenvalue weighted by Gasteiger charge is -2.34. The zero-order chi connectivity index (χ0) is 38.8. The van der Waals surface area contributed by atoms with E-state index in [4.69, 9.17) is 9.47 Å². The number of esters is 2. The van der Waals surface area contributed by atoms with Gasteiger partial charge in [0.2, 0.25) is 5.66 Å². The number of rotatable bonds is 6. The molecule has 286 valence electrons. The van der Waals surface area contributed by atoms with E-state index in [0.29, 0.717) is 39.7 Å². The molecule has 0 radical (unpaired) electrons. The number of cyclic esters (lactones) is 1. The van der Waals surface area contributed by atoms with Gasteiger partial charge in [-0.15, -0.1) is 11.3 Å². The fourth-order valence-electron chi connectivity index (χ4n) is 6.48. The van der Waals surface area contributed by atoms with Gasteiger partial charge in [0.25, 0.3) is 0 Å². The SMILES string of the molecule is C/C(=C\c1csc(C)n1)[C@@H]1C/C=C(/COC(=O)c2ccc(C3(C(F)(F)F)NN3C)cc2I)CCC[C@H](C)[C@H](O)[C@@H](C)C(=O)C(C)(C)[C@@H](O)CC(=O)O1. The average Bonchev–Trinajstić information content (AvgIpc) is 3.62. The Bertz CT molecular complexity index is 1710. The van der Waals surface area contributed by atoms with Crippen molar-refractivity contribution in [1.82, 2.24) is 15.4 Å². The van der Waals surface area contributed by atoms with E-state index in [1.807, 2.05) is 54.0 Å². The first-order valence-corrected chi connectivity index (χ1v) is 19.1. The fraction of sp³-hybridized carbons (Fsp3) is 0.568.